The lowest BCUT2D eigenvalue weighted by Gasteiger charge is -2.27. The highest BCUT2D eigenvalue weighted by Gasteiger charge is 2.49. The number of hydrogen-bond donors (Lipinski definition) is 2. The summed E-state index contributed by atoms with van der Waals surface area (Å²) >= 11 is 0. The van der Waals surface area contributed by atoms with Gasteiger partial charge in [-0.15, -0.1) is 0 Å². The Labute approximate surface area is 333 Å². The SMILES string of the molecule is O=C(Cc1ccc(COc2ccccc2)cc1)N1CC=C(c2cccc(C3(c4nc5c(c(=O)[nH]4)CN(C(=O)[C@H](O)c4cccc(C(F)(F)F)c4)CCC5)CC3)c2)CC1. The summed E-state index contributed by atoms with van der Waals surface area (Å²) in [5, 5.41) is 10.8. The van der Waals surface area contributed by atoms with Crippen molar-refractivity contribution in [2.75, 3.05) is 19.6 Å². The third-order valence-corrected chi connectivity index (χ3v) is 11.4. The maximum Gasteiger partial charge on any atom is 0.416 e. The highest BCUT2D eigenvalue weighted by molar-refractivity contribution is 5.82. The molecule has 0 radical (unpaired) electrons. The Morgan fingerprint density at radius 3 is 2.36 bits per heavy atom. The molecular weight excluding hydrogens is 746 g/mol. The lowest BCUT2D eigenvalue weighted by Crippen LogP contribution is -2.36. The van der Waals surface area contributed by atoms with Gasteiger partial charge in [-0.3, -0.25) is 14.4 Å². The zero-order valence-corrected chi connectivity index (χ0v) is 31.8. The summed E-state index contributed by atoms with van der Waals surface area (Å²) in [6.07, 6.45) is -0.780. The van der Waals surface area contributed by atoms with E-state index in [4.69, 9.17) is 9.72 Å². The molecule has 298 valence electrons. The monoisotopic (exact) mass is 788 g/mol. The van der Waals surface area contributed by atoms with Crippen molar-refractivity contribution < 1.29 is 32.6 Å². The molecule has 58 heavy (non-hydrogen) atoms. The van der Waals surface area contributed by atoms with Crippen molar-refractivity contribution in [3.8, 4) is 5.75 Å². The van der Waals surface area contributed by atoms with Crippen LogP contribution in [0.2, 0.25) is 0 Å². The number of aromatic nitrogens is 2. The number of carbonyl (C=O) groups excluding carboxylic acids is 2. The first kappa shape index (κ1) is 38.8. The van der Waals surface area contributed by atoms with Crippen LogP contribution < -0.4 is 10.3 Å². The number of aromatic amines is 1. The number of ether oxygens (including phenoxy) is 1. The molecule has 2 amide bonds. The molecule has 1 atom stereocenters. The minimum absolute atomic E-state index is 0.0758. The molecule has 12 heteroatoms. The number of alkyl halides is 3. The van der Waals surface area contributed by atoms with Gasteiger partial charge in [-0.05, 0) is 89.8 Å². The van der Waals surface area contributed by atoms with Gasteiger partial charge in [0.15, 0.2) is 6.10 Å². The smallest absolute Gasteiger partial charge is 0.416 e. The van der Waals surface area contributed by atoms with Gasteiger partial charge in [-0.25, -0.2) is 4.98 Å². The maximum absolute atomic E-state index is 13.6. The van der Waals surface area contributed by atoms with E-state index in [1.54, 1.807) is 0 Å². The Balaban J connectivity index is 0.912. The predicted octanol–water partition coefficient (Wildman–Crippen LogP) is 7.31. The number of hydrogen-bond acceptors (Lipinski definition) is 6. The van der Waals surface area contributed by atoms with Gasteiger partial charge < -0.3 is 24.6 Å². The van der Waals surface area contributed by atoms with Crippen LogP contribution in [-0.4, -0.2) is 56.3 Å². The van der Waals surface area contributed by atoms with Gasteiger partial charge in [0, 0.05) is 19.6 Å². The third-order valence-electron chi connectivity index (χ3n) is 11.4. The molecule has 1 aliphatic carbocycles. The van der Waals surface area contributed by atoms with E-state index in [1.807, 2.05) is 65.6 Å². The second-order valence-electron chi connectivity index (χ2n) is 15.3. The van der Waals surface area contributed by atoms with Gasteiger partial charge in [-0.2, -0.15) is 13.2 Å². The van der Waals surface area contributed by atoms with E-state index in [0.29, 0.717) is 62.5 Å². The van der Waals surface area contributed by atoms with Gasteiger partial charge in [0.25, 0.3) is 11.5 Å². The second kappa shape index (κ2) is 16.1. The average Bonchev–Trinajstić information content (AvgIpc) is 4.08. The Morgan fingerprint density at radius 1 is 0.879 bits per heavy atom. The lowest BCUT2D eigenvalue weighted by atomic mass is 9.90. The number of aliphatic hydroxyl groups is 1. The van der Waals surface area contributed by atoms with E-state index >= 15 is 0 Å². The number of benzene rings is 4. The minimum atomic E-state index is -4.62. The number of H-pyrrole nitrogens is 1. The Morgan fingerprint density at radius 2 is 1.64 bits per heavy atom. The van der Waals surface area contributed by atoms with Crippen molar-refractivity contribution in [3.63, 3.8) is 0 Å². The molecule has 0 spiro atoms. The second-order valence-corrected chi connectivity index (χ2v) is 15.3. The molecule has 4 aromatic carbocycles. The van der Waals surface area contributed by atoms with Gasteiger partial charge in [-0.1, -0.05) is 84.9 Å². The fourth-order valence-corrected chi connectivity index (χ4v) is 7.92. The molecule has 1 fully saturated rings. The summed E-state index contributed by atoms with van der Waals surface area (Å²) < 4.78 is 45.7. The molecule has 5 aromatic rings. The number of halogens is 3. The topological polar surface area (TPSA) is 116 Å². The van der Waals surface area contributed by atoms with Gasteiger partial charge >= 0.3 is 6.18 Å². The first-order valence-electron chi connectivity index (χ1n) is 19.6. The van der Waals surface area contributed by atoms with E-state index < -0.39 is 29.2 Å². The van der Waals surface area contributed by atoms with E-state index in [0.717, 1.165) is 64.6 Å². The molecule has 8 rings (SSSR count). The van der Waals surface area contributed by atoms with Crippen LogP contribution >= 0.6 is 0 Å². The van der Waals surface area contributed by atoms with Crippen LogP contribution in [0.4, 0.5) is 13.2 Å². The number of para-hydroxylation sites is 1. The highest BCUT2D eigenvalue weighted by Crippen LogP contribution is 2.52. The molecule has 1 saturated carbocycles. The summed E-state index contributed by atoms with van der Waals surface area (Å²) in [5.74, 6) is 0.687. The molecule has 0 unspecified atom stereocenters. The quantitative estimate of drug-likeness (QED) is 0.153. The van der Waals surface area contributed by atoms with Crippen molar-refractivity contribution in [1.29, 1.82) is 0 Å². The van der Waals surface area contributed by atoms with Gasteiger partial charge in [0.05, 0.1) is 35.2 Å². The zero-order valence-electron chi connectivity index (χ0n) is 31.8. The van der Waals surface area contributed by atoms with Crippen LogP contribution in [0.25, 0.3) is 5.57 Å². The number of aliphatic hydroxyl groups excluding tert-OH is 1. The van der Waals surface area contributed by atoms with Crippen LogP contribution in [-0.2, 0) is 47.2 Å². The zero-order chi connectivity index (χ0) is 40.4. The Bertz CT molecular complexity index is 2410. The van der Waals surface area contributed by atoms with Crippen molar-refractivity contribution >= 4 is 17.4 Å². The average molecular weight is 789 g/mol. The van der Waals surface area contributed by atoms with Crippen molar-refractivity contribution in [2.24, 2.45) is 0 Å². The predicted molar refractivity (Wildman–Crippen MR) is 212 cm³/mol. The first-order valence-corrected chi connectivity index (χ1v) is 19.6. The van der Waals surface area contributed by atoms with Crippen molar-refractivity contribution in [3.05, 3.63) is 170 Å². The van der Waals surface area contributed by atoms with Crippen LogP contribution in [0, 0.1) is 0 Å². The summed E-state index contributed by atoms with van der Waals surface area (Å²) in [6, 6.07) is 30.0. The number of carbonyl (C=O) groups is 2. The first-order chi connectivity index (χ1) is 28.0. The van der Waals surface area contributed by atoms with E-state index in [1.165, 1.54) is 11.0 Å². The minimum Gasteiger partial charge on any atom is -0.489 e. The molecule has 2 N–H and O–H groups in total. The van der Waals surface area contributed by atoms with E-state index in [2.05, 4.69) is 29.3 Å². The number of nitrogens with zero attached hydrogens (tertiary/aromatic N) is 3. The molecule has 0 saturated heterocycles. The molecule has 9 nitrogen and oxygen atoms in total. The number of amides is 2. The van der Waals surface area contributed by atoms with Crippen molar-refractivity contribution in [1.82, 2.24) is 19.8 Å². The fraction of sp³-hybridized carbons (Fsp3) is 0.304. The van der Waals surface area contributed by atoms with Gasteiger partial charge in [0.2, 0.25) is 5.91 Å². The molecule has 2 aliphatic heterocycles. The van der Waals surface area contributed by atoms with Crippen LogP contribution in [0.15, 0.2) is 114 Å². The number of aryl methyl sites for hydroxylation is 1. The largest absolute Gasteiger partial charge is 0.489 e. The third kappa shape index (κ3) is 8.33. The lowest BCUT2D eigenvalue weighted by molar-refractivity contribution is -0.142. The fourth-order valence-electron chi connectivity index (χ4n) is 7.92. The Hall–Kier alpha value is -6.01. The highest BCUT2D eigenvalue weighted by atomic mass is 19.4. The number of fused-ring (bicyclic) bond motifs is 1. The molecule has 3 aliphatic rings. The summed E-state index contributed by atoms with van der Waals surface area (Å²) in [7, 11) is 0. The van der Waals surface area contributed by atoms with Gasteiger partial charge in [0.1, 0.15) is 18.2 Å². The normalized spacial score (nSPS) is 16.8. The summed E-state index contributed by atoms with van der Waals surface area (Å²) in [5.41, 5.74) is 4.18. The molecule has 3 heterocycles. The van der Waals surface area contributed by atoms with Crippen LogP contribution in [0.1, 0.15) is 82.2 Å². The summed E-state index contributed by atoms with van der Waals surface area (Å²) in [6.45, 7) is 1.68. The standard InChI is InChI=1S/C46H43F3N4O5/c47-46(48,49)36-10-5-8-34(27-36)41(55)43(57)53-22-6-13-39-38(28-53)42(56)51-44(50-39)45(20-21-45)35-9-4-7-33(26-35)32-18-23-52(24-19-32)40(54)25-30-14-16-31(17-15-30)29-58-37-11-2-1-3-12-37/h1-5,7-12,14-18,26-27,41,55H,6,13,19-25,28-29H2,(H,50,51,56)/t41-/m1/s1. The molecular formula is C46H43F3N4O5. The van der Waals surface area contributed by atoms with Crippen LogP contribution in [0.3, 0.4) is 0 Å². The number of nitrogens with one attached hydrogen (secondary N) is 1. The Kier molecular flexibility index (Phi) is 10.8. The molecule has 1 aromatic heterocycles. The summed E-state index contributed by atoms with van der Waals surface area (Å²) in [4.78, 5) is 51.4. The van der Waals surface area contributed by atoms with Crippen LogP contribution in [0.5, 0.6) is 5.75 Å². The van der Waals surface area contributed by atoms with E-state index in [9.17, 15) is 32.7 Å². The van der Waals surface area contributed by atoms with Crippen molar-refractivity contribution in [2.45, 2.75) is 69.4 Å². The van der Waals surface area contributed by atoms with E-state index in [-0.39, 0.29) is 30.1 Å². The molecule has 0 bridgehead atoms. The maximum atomic E-state index is 13.6. The number of rotatable bonds is 10.